The number of carbonyl (C=O) groups excluding carboxylic acids is 1. The highest BCUT2D eigenvalue weighted by molar-refractivity contribution is 5.80. The first-order valence-corrected chi connectivity index (χ1v) is 4.80. The molecule has 0 radical (unpaired) electrons. The van der Waals surface area contributed by atoms with Crippen molar-refractivity contribution in [1.82, 2.24) is 4.90 Å². The Labute approximate surface area is 83.0 Å². The number of β-amino-alcohol motifs (C(OH)–C–C–N with tert-alkyl or cyclic N) is 1. The lowest BCUT2D eigenvalue weighted by Crippen LogP contribution is -2.55. The maximum absolute atomic E-state index is 11.5. The highest BCUT2D eigenvalue weighted by Gasteiger charge is 2.42. The molecule has 5 heteroatoms. The summed E-state index contributed by atoms with van der Waals surface area (Å²) in [6.45, 7) is 1.44. The van der Waals surface area contributed by atoms with Crippen LogP contribution in [-0.4, -0.2) is 57.5 Å². The number of likely N-dealkylation sites (tertiary alicyclic amines) is 1. The third-order valence-electron chi connectivity index (χ3n) is 2.92. The van der Waals surface area contributed by atoms with Crippen molar-refractivity contribution in [3.8, 4) is 0 Å². The SMILES string of the molecule is CCC(CO)(CO)N1CC(O)CC1=O. The topological polar surface area (TPSA) is 81.0 Å². The first kappa shape index (κ1) is 11.4. The molecule has 0 aromatic rings. The van der Waals surface area contributed by atoms with E-state index in [0.29, 0.717) is 6.42 Å². The van der Waals surface area contributed by atoms with Crippen LogP contribution < -0.4 is 0 Å². The average molecular weight is 203 g/mol. The van der Waals surface area contributed by atoms with E-state index in [1.54, 1.807) is 6.92 Å². The van der Waals surface area contributed by atoms with Crippen LogP contribution in [-0.2, 0) is 4.79 Å². The number of nitrogens with zero attached hydrogens (tertiary/aromatic N) is 1. The molecule has 0 saturated carbocycles. The number of carbonyl (C=O) groups is 1. The molecule has 1 fully saturated rings. The number of amides is 1. The second kappa shape index (κ2) is 4.25. The maximum atomic E-state index is 11.5. The lowest BCUT2D eigenvalue weighted by Gasteiger charge is -2.38. The van der Waals surface area contributed by atoms with Crippen molar-refractivity contribution >= 4 is 5.91 Å². The summed E-state index contributed by atoms with van der Waals surface area (Å²) in [7, 11) is 0. The van der Waals surface area contributed by atoms with Gasteiger partial charge in [-0.05, 0) is 6.42 Å². The Morgan fingerprint density at radius 1 is 1.50 bits per heavy atom. The standard InChI is InChI=1S/C9H17NO4/c1-2-9(5-11,6-12)10-4-7(13)3-8(10)14/h7,11-13H,2-6H2,1H3. The molecule has 1 atom stereocenters. The molecular weight excluding hydrogens is 186 g/mol. The van der Waals surface area contributed by atoms with Crippen molar-refractivity contribution in [3.63, 3.8) is 0 Å². The maximum Gasteiger partial charge on any atom is 0.225 e. The van der Waals surface area contributed by atoms with E-state index in [0.717, 1.165) is 0 Å². The summed E-state index contributed by atoms with van der Waals surface area (Å²) in [4.78, 5) is 12.8. The third-order valence-corrected chi connectivity index (χ3v) is 2.92. The fourth-order valence-electron chi connectivity index (χ4n) is 1.78. The molecule has 0 aliphatic carbocycles. The molecular formula is C9H17NO4. The van der Waals surface area contributed by atoms with Gasteiger partial charge in [-0.15, -0.1) is 0 Å². The fraction of sp³-hybridized carbons (Fsp3) is 0.889. The zero-order chi connectivity index (χ0) is 10.8. The summed E-state index contributed by atoms with van der Waals surface area (Å²) < 4.78 is 0. The first-order chi connectivity index (χ1) is 6.59. The molecule has 1 rings (SSSR count). The zero-order valence-electron chi connectivity index (χ0n) is 8.31. The van der Waals surface area contributed by atoms with Gasteiger partial charge < -0.3 is 20.2 Å². The Bertz CT molecular complexity index is 207. The van der Waals surface area contributed by atoms with E-state index in [4.69, 9.17) is 0 Å². The van der Waals surface area contributed by atoms with E-state index >= 15 is 0 Å². The van der Waals surface area contributed by atoms with Crippen molar-refractivity contribution in [2.45, 2.75) is 31.4 Å². The number of hydrogen-bond acceptors (Lipinski definition) is 4. The lowest BCUT2D eigenvalue weighted by molar-refractivity contribution is -0.137. The Kier molecular flexibility index (Phi) is 3.47. The summed E-state index contributed by atoms with van der Waals surface area (Å²) in [6.07, 6.45) is -0.119. The van der Waals surface area contributed by atoms with Gasteiger partial charge in [-0.3, -0.25) is 4.79 Å². The zero-order valence-corrected chi connectivity index (χ0v) is 8.31. The van der Waals surface area contributed by atoms with Crippen LogP contribution in [0, 0.1) is 0 Å². The average Bonchev–Trinajstić information content (AvgIpc) is 2.51. The summed E-state index contributed by atoms with van der Waals surface area (Å²) >= 11 is 0. The van der Waals surface area contributed by atoms with E-state index < -0.39 is 11.6 Å². The largest absolute Gasteiger partial charge is 0.394 e. The molecule has 1 amide bonds. The van der Waals surface area contributed by atoms with Crippen molar-refractivity contribution < 1.29 is 20.1 Å². The Morgan fingerprint density at radius 3 is 2.36 bits per heavy atom. The molecule has 5 nitrogen and oxygen atoms in total. The molecule has 0 bridgehead atoms. The number of aliphatic hydroxyl groups is 3. The molecule has 0 aromatic heterocycles. The van der Waals surface area contributed by atoms with Gasteiger partial charge in [0.05, 0.1) is 31.3 Å². The Balaban J connectivity index is 2.83. The van der Waals surface area contributed by atoms with E-state index in [2.05, 4.69) is 0 Å². The number of rotatable bonds is 4. The van der Waals surface area contributed by atoms with Crippen LogP contribution in [0.15, 0.2) is 0 Å². The first-order valence-electron chi connectivity index (χ1n) is 4.80. The van der Waals surface area contributed by atoms with E-state index in [9.17, 15) is 20.1 Å². The van der Waals surface area contributed by atoms with Crippen molar-refractivity contribution in [1.29, 1.82) is 0 Å². The lowest BCUT2D eigenvalue weighted by atomic mass is 9.96. The predicted molar refractivity (Wildman–Crippen MR) is 49.5 cm³/mol. The van der Waals surface area contributed by atoms with Gasteiger partial charge in [-0.25, -0.2) is 0 Å². The van der Waals surface area contributed by atoms with Crippen LogP contribution in [0.1, 0.15) is 19.8 Å². The quantitative estimate of drug-likeness (QED) is 0.531. The highest BCUT2D eigenvalue weighted by atomic mass is 16.3. The normalized spacial score (nSPS) is 23.3. The van der Waals surface area contributed by atoms with Crippen molar-refractivity contribution in [2.75, 3.05) is 19.8 Å². The van der Waals surface area contributed by atoms with Gasteiger partial charge in [-0.1, -0.05) is 6.92 Å². The molecule has 1 saturated heterocycles. The molecule has 1 heterocycles. The van der Waals surface area contributed by atoms with Crippen LogP contribution in [0.3, 0.4) is 0 Å². The van der Waals surface area contributed by atoms with E-state index in [1.807, 2.05) is 0 Å². The van der Waals surface area contributed by atoms with Crippen LogP contribution in [0.5, 0.6) is 0 Å². The van der Waals surface area contributed by atoms with Crippen LogP contribution in [0.4, 0.5) is 0 Å². The Hall–Kier alpha value is -0.650. The summed E-state index contributed by atoms with van der Waals surface area (Å²) in [5.41, 5.74) is -0.908. The van der Waals surface area contributed by atoms with Gasteiger partial charge >= 0.3 is 0 Å². The number of aliphatic hydroxyl groups excluding tert-OH is 3. The molecule has 1 aliphatic heterocycles. The van der Waals surface area contributed by atoms with Gasteiger partial charge in [0, 0.05) is 6.54 Å². The van der Waals surface area contributed by atoms with Crippen LogP contribution in [0.2, 0.25) is 0 Å². The van der Waals surface area contributed by atoms with Crippen molar-refractivity contribution in [2.24, 2.45) is 0 Å². The summed E-state index contributed by atoms with van der Waals surface area (Å²) in [5.74, 6) is -0.206. The van der Waals surface area contributed by atoms with Crippen molar-refractivity contribution in [3.05, 3.63) is 0 Å². The minimum absolute atomic E-state index is 0.0851. The monoisotopic (exact) mass is 203 g/mol. The van der Waals surface area contributed by atoms with Gasteiger partial charge in [0.25, 0.3) is 0 Å². The highest BCUT2D eigenvalue weighted by Crippen LogP contribution is 2.25. The molecule has 0 aromatic carbocycles. The van der Waals surface area contributed by atoms with Gasteiger partial charge in [0.1, 0.15) is 0 Å². The predicted octanol–water partition coefficient (Wildman–Crippen LogP) is -1.29. The van der Waals surface area contributed by atoms with E-state index in [-0.39, 0.29) is 32.1 Å². The molecule has 3 N–H and O–H groups in total. The fourth-order valence-corrected chi connectivity index (χ4v) is 1.78. The van der Waals surface area contributed by atoms with Crippen LogP contribution in [0.25, 0.3) is 0 Å². The van der Waals surface area contributed by atoms with Gasteiger partial charge in [0.15, 0.2) is 0 Å². The van der Waals surface area contributed by atoms with Gasteiger partial charge in [-0.2, -0.15) is 0 Å². The summed E-state index contributed by atoms with van der Waals surface area (Å²) in [6, 6.07) is 0. The Morgan fingerprint density at radius 2 is 2.07 bits per heavy atom. The summed E-state index contributed by atoms with van der Waals surface area (Å²) in [5, 5.41) is 27.7. The smallest absolute Gasteiger partial charge is 0.225 e. The minimum atomic E-state index is -0.908. The molecule has 1 aliphatic rings. The van der Waals surface area contributed by atoms with Crippen LogP contribution >= 0.6 is 0 Å². The van der Waals surface area contributed by atoms with E-state index in [1.165, 1.54) is 4.90 Å². The molecule has 0 spiro atoms. The molecule has 82 valence electrons. The second-order valence-corrected chi connectivity index (χ2v) is 3.76. The second-order valence-electron chi connectivity index (χ2n) is 3.76. The molecule has 14 heavy (non-hydrogen) atoms. The van der Waals surface area contributed by atoms with Gasteiger partial charge in [0.2, 0.25) is 5.91 Å². The minimum Gasteiger partial charge on any atom is -0.394 e. The number of hydrogen-bond donors (Lipinski definition) is 3. The molecule has 1 unspecified atom stereocenters. The third kappa shape index (κ3) is 1.75.